The van der Waals surface area contributed by atoms with Crippen molar-refractivity contribution < 1.29 is 8.78 Å². The number of piperidine rings is 1. The topological polar surface area (TPSA) is 3.24 Å². The third-order valence-corrected chi connectivity index (χ3v) is 3.84. The first-order valence-corrected chi connectivity index (χ1v) is 6.78. The average Bonchev–Trinajstić information content (AvgIpc) is 2.39. The standard InChI is InChI=1S/C15H21F2N/c1-2-12-3-5-13(6-4-12)14-7-9-18(10-8-14)11-15(16)17/h3-6,14-15H,2,7-11H2,1H3. The summed E-state index contributed by atoms with van der Waals surface area (Å²) in [5.74, 6) is 0.546. The Morgan fingerprint density at radius 2 is 1.78 bits per heavy atom. The second kappa shape index (κ2) is 6.28. The molecule has 0 saturated carbocycles. The number of nitrogens with zero attached hydrogens (tertiary/aromatic N) is 1. The molecule has 1 nitrogen and oxygen atoms in total. The minimum Gasteiger partial charge on any atom is -0.298 e. The van der Waals surface area contributed by atoms with Gasteiger partial charge in [-0.25, -0.2) is 8.78 Å². The van der Waals surface area contributed by atoms with Crippen molar-refractivity contribution in [3.05, 3.63) is 35.4 Å². The predicted molar refractivity (Wildman–Crippen MR) is 70.2 cm³/mol. The molecule has 1 aliphatic heterocycles. The van der Waals surface area contributed by atoms with Crippen LogP contribution in [0.25, 0.3) is 0 Å². The Hall–Kier alpha value is -0.960. The van der Waals surface area contributed by atoms with Gasteiger partial charge in [0.2, 0.25) is 0 Å². The van der Waals surface area contributed by atoms with E-state index in [1.54, 1.807) is 0 Å². The van der Waals surface area contributed by atoms with E-state index in [0.29, 0.717) is 5.92 Å². The summed E-state index contributed by atoms with van der Waals surface area (Å²) in [6, 6.07) is 8.76. The molecule has 1 aromatic rings. The molecule has 1 fully saturated rings. The van der Waals surface area contributed by atoms with E-state index in [9.17, 15) is 8.78 Å². The lowest BCUT2D eigenvalue weighted by Gasteiger charge is -2.31. The van der Waals surface area contributed by atoms with E-state index in [1.165, 1.54) is 11.1 Å². The molecule has 1 aromatic carbocycles. The summed E-state index contributed by atoms with van der Waals surface area (Å²) in [5, 5.41) is 0. The quantitative estimate of drug-likeness (QED) is 0.791. The molecule has 2 rings (SSSR count). The second-order valence-electron chi connectivity index (χ2n) is 5.06. The highest BCUT2D eigenvalue weighted by atomic mass is 19.3. The molecule has 0 N–H and O–H groups in total. The first kappa shape index (κ1) is 13.5. The van der Waals surface area contributed by atoms with Crippen molar-refractivity contribution in [2.24, 2.45) is 0 Å². The minimum atomic E-state index is -2.20. The van der Waals surface area contributed by atoms with Crippen molar-refractivity contribution >= 4 is 0 Å². The normalized spacial score (nSPS) is 18.4. The number of likely N-dealkylation sites (tertiary alicyclic amines) is 1. The van der Waals surface area contributed by atoms with Gasteiger partial charge in [-0.05, 0) is 49.4 Å². The molecular formula is C15H21F2N. The van der Waals surface area contributed by atoms with Gasteiger partial charge in [0.25, 0.3) is 6.43 Å². The van der Waals surface area contributed by atoms with Gasteiger partial charge in [-0.15, -0.1) is 0 Å². The third kappa shape index (κ3) is 3.52. The Morgan fingerprint density at radius 3 is 2.28 bits per heavy atom. The molecule has 1 aliphatic rings. The largest absolute Gasteiger partial charge is 0.298 e. The van der Waals surface area contributed by atoms with Gasteiger partial charge in [0.05, 0.1) is 6.54 Å². The van der Waals surface area contributed by atoms with Gasteiger partial charge in [-0.1, -0.05) is 31.2 Å². The van der Waals surface area contributed by atoms with Crippen molar-refractivity contribution in [3.8, 4) is 0 Å². The summed E-state index contributed by atoms with van der Waals surface area (Å²) < 4.78 is 24.6. The molecule has 0 aromatic heterocycles. The van der Waals surface area contributed by atoms with Crippen LogP contribution < -0.4 is 0 Å². The van der Waals surface area contributed by atoms with Crippen LogP contribution in [0, 0.1) is 0 Å². The molecule has 0 aliphatic carbocycles. The summed E-state index contributed by atoms with van der Waals surface area (Å²) in [6.45, 7) is 3.67. The molecule has 0 unspecified atom stereocenters. The fraction of sp³-hybridized carbons (Fsp3) is 0.600. The Kier molecular flexibility index (Phi) is 4.70. The Balaban J connectivity index is 1.88. The Bertz CT molecular complexity index is 353. The predicted octanol–water partition coefficient (Wildman–Crippen LogP) is 3.69. The number of hydrogen-bond donors (Lipinski definition) is 0. The van der Waals surface area contributed by atoms with Crippen LogP contribution in [-0.2, 0) is 6.42 Å². The van der Waals surface area contributed by atoms with E-state index in [2.05, 4.69) is 31.2 Å². The first-order chi connectivity index (χ1) is 8.69. The SMILES string of the molecule is CCc1ccc(C2CCN(CC(F)F)CC2)cc1. The zero-order chi connectivity index (χ0) is 13.0. The molecule has 0 amide bonds. The monoisotopic (exact) mass is 253 g/mol. The maximum absolute atomic E-state index is 12.3. The minimum absolute atomic E-state index is 0.0680. The van der Waals surface area contributed by atoms with E-state index in [0.717, 1.165) is 32.4 Å². The second-order valence-corrected chi connectivity index (χ2v) is 5.06. The summed E-state index contributed by atoms with van der Waals surface area (Å²) in [6.07, 6.45) is 0.856. The van der Waals surface area contributed by atoms with Gasteiger partial charge >= 0.3 is 0 Å². The van der Waals surface area contributed by atoms with Crippen LogP contribution in [0.15, 0.2) is 24.3 Å². The van der Waals surface area contributed by atoms with E-state index in [1.807, 2.05) is 4.90 Å². The van der Waals surface area contributed by atoms with Gasteiger partial charge in [-0.3, -0.25) is 4.90 Å². The average molecular weight is 253 g/mol. The van der Waals surface area contributed by atoms with Gasteiger partial charge in [0.1, 0.15) is 0 Å². The van der Waals surface area contributed by atoms with Crippen LogP contribution in [0.3, 0.4) is 0 Å². The van der Waals surface area contributed by atoms with Crippen molar-refractivity contribution in [2.75, 3.05) is 19.6 Å². The number of halogens is 2. The summed E-state index contributed by atoms with van der Waals surface area (Å²) in [5.41, 5.74) is 2.72. The molecule has 0 radical (unpaired) electrons. The van der Waals surface area contributed by atoms with Gasteiger partial charge in [0.15, 0.2) is 0 Å². The lowest BCUT2D eigenvalue weighted by molar-refractivity contribution is 0.0754. The van der Waals surface area contributed by atoms with E-state index < -0.39 is 6.43 Å². The number of benzene rings is 1. The van der Waals surface area contributed by atoms with Gasteiger partial charge in [-0.2, -0.15) is 0 Å². The highest BCUT2D eigenvalue weighted by molar-refractivity contribution is 5.25. The van der Waals surface area contributed by atoms with Crippen molar-refractivity contribution in [3.63, 3.8) is 0 Å². The van der Waals surface area contributed by atoms with E-state index >= 15 is 0 Å². The van der Waals surface area contributed by atoms with E-state index in [4.69, 9.17) is 0 Å². The highest BCUT2D eigenvalue weighted by Gasteiger charge is 2.22. The molecule has 1 heterocycles. The Labute approximate surface area is 108 Å². The van der Waals surface area contributed by atoms with E-state index in [-0.39, 0.29) is 6.54 Å². The summed E-state index contributed by atoms with van der Waals surface area (Å²) in [4.78, 5) is 1.88. The zero-order valence-corrected chi connectivity index (χ0v) is 10.9. The van der Waals surface area contributed by atoms with Crippen LogP contribution in [0.4, 0.5) is 8.78 Å². The number of rotatable bonds is 4. The van der Waals surface area contributed by atoms with Crippen LogP contribution >= 0.6 is 0 Å². The lowest BCUT2D eigenvalue weighted by atomic mass is 9.89. The van der Waals surface area contributed by atoms with Gasteiger partial charge < -0.3 is 0 Å². The van der Waals surface area contributed by atoms with Crippen molar-refractivity contribution in [2.45, 2.75) is 38.5 Å². The summed E-state index contributed by atoms with van der Waals surface area (Å²) in [7, 11) is 0. The van der Waals surface area contributed by atoms with Gasteiger partial charge in [0, 0.05) is 0 Å². The molecule has 100 valence electrons. The molecule has 3 heteroatoms. The fourth-order valence-corrected chi connectivity index (χ4v) is 2.67. The number of hydrogen-bond acceptors (Lipinski definition) is 1. The van der Waals surface area contributed by atoms with Crippen LogP contribution in [-0.4, -0.2) is 31.0 Å². The number of aryl methyl sites for hydroxylation is 1. The van der Waals surface area contributed by atoms with Crippen LogP contribution in [0.1, 0.15) is 36.8 Å². The maximum Gasteiger partial charge on any atom is 0.251 e. The molecule has 0 bridgehead atoms. The molecular weight excluding hydrogens is 232 g/mol. The van der Waals surface area contributed by atoms with Crippen LogP contribution in [0.5, 0.6) is 0 Å². The van der Waals surface area contributed by atoms with Crippen molar-refractivity contribution in [1.29, 1.82) is 0 Å². The fourth-order valence-electron chi connectivity index (χ4n) is 2.67. The number of alkyl halides is 2. The van der Waals surface area contributed by atoms with Crippen LogP contribution in [0.2, 0.25) is 0 Å². The summed E-state index contributed by atoms with van der Waals surface area (Å²) >= 11 is 0. The Morgan fingerprint density at radius 1 is 1.17 bits per heavy atom. The molecule has 18 heavy (non-hydrogen) atoms. The maximum atomic E-state index is 12.3. The third-order valence-electron chi connectivity index (χ3n) is 3.84. The molecule has 0 spiro atoms. The highest BCUT2D eigenvalue weighted by Crippen LogP contribution is 2.28. The first-order valence-electron chi connectivity index (χ1n) is 6.78. The van der Waals surface area contributed by atoms with Crippen molar-refractivity contribution in [1.82, 2.24) is 4.90 Å². The zero-order valence-electron chi connectivity index (χ0n) is 10.9. The molecule has 0 atom stereocenters. The smallest absolute Gasteiger partial charge is 0.251 e. The lowest BCUT2D eigenvalue weighted by Crippen LogP contribution is -2.36. The molecule has 1 saturated heterocycles.